The molecule has 0 unspecified atom stereocenters. The number of benzene rings is 2. The van der Waals surface area contributed by atoms with E-state index in [1.807, 2.05) is 54.6 Å². The minimum atomic E-state index is 0.171. The molecule has 0 amide bonds. The van der Waals surface area contributed by atoms with Gasteiger partial charge in [0.25, 0.3) is 0 Å². The van der Waals surface area contributed by atoms with E-state index in [2.05, 4.69) is 6.92 Å². The van der Waals surface area contributed by atoms with E-state index in [4.69, 9.17) is 9.47 Å². The zero-order valence-corrected chi connectivity index (χ0v) is 15.7. The second-order valence-corrected chi connectivity index (χ2v) is 6.29. The maximum absolute atomic E-state index is 11.9. The first kappa shape index (κ1) is 19.8. The Bertz CT molecular complexity index is 705. The molecule has 3 heteroatoms. The molecule has 0 heterocycles. The highest BCUT2D eigenvalue weighted by Crippen LogP contribution is 2.29. The topological polar surface area (TPSA) is 35.5 Å². The summed E-state index contributed by atoms with van der Waals surface area (Å²) in [7, 11) is 1.62. The number of ether oxygens (including phenoxy) is 2. The molecule has 0 atom stereocenters. The fraction of sp³-hybridized carbons (Fsp3) is 0.348. The lowest BCUT2D eigenvalue weighted by Crippen LogP contribution is -1.98. The summed E-state index contributed by atoms with van der Waals surface area (Å²) in [6.45, 7) is 2.66. The van der Waals surface area contributed by atoms with Gasteiger partial charge in [-0.1, -0.05) is 68.7 Å². The van der Waals surface area contributed by atoms with Crippen LogP contribution < -0.4 is 9.47 Å². The lowest BCUT2D eigenvalue weighted by Gasteiger charge is -2.11. The first-order chi connectivity index (χ1) is 12.7. The summed E-state index contributed by atoms with van der Waals surface area (Å²) >= 11 is 0. The molecule has 3 nitrogen and oxygen atoms in total. The van der Waals surface area contributed by atoms with E-state index in [0.29, 0.717) is 24.5 Å². The maximum atomic E-state index is 11.9. The standard InChI is InChI=1S/C23H28O3/c1-3-4-5-9-12-21(24)15-13-19-14-16-22(23(17-19)25-2)26-18-20-10-7-6-8-11-20/h6-8,10-11,13-17H,3-5,9,12,18H2,1-2H3. The molecular formula is C23H28O3. The molecule has 0 spiro atoms. The smallest absolute Gasteiger partial charge is 0.161 e. The molecule has 0 fully saturated rings. The van der Waals surface area contributed by atoms with Crippen LogP contribution in [-0.2, 0) is 11.4 Å². The summed E-state index contributed by atoms with van der Waals surface area (Å²) in [4.78, 5) is 11.9. The highest BCUT2D eigenvalue weighted by Gasteiger charge is 2.06. The third-order valence-electron chi connectivity index (χ3n) is 4.16. The number of carbonyl (C=O) groups is 1. The van der Waals surface area contributed by atoms with E-state index < -0.39 is 0 Å². The van der Waals surface area contributed by atoms with Gasteiger partial charge in [-0.15, -0.1) is 0 Å². The molecule has 0 aromatic heterocycles. The van der Waals surface area contributed by atoms with Gasteiger partial charge in [-0.25, -0.2) is 0 Å². The molecule has 2 rings (SSSR count). The Balaban J connectivity index is 1.92. The SMILES string of the molecule is CCCCCCC(=O)C=Cc1ccc(OCc2ccccc2)c(OC)c1. The molecule has 0 bridgehead atoms. The van der Waals surface area contributed by atoms with Gasteiger partial charge in [0.1, 0.15) is 6.61 Å². The largest absolute Gasteiger partial charge is 0.493 e. The summed E-state index contributed by atoms with van der Waals surface area (Å²) in [6.07, 6.45) is 8.58. The van der Waals surface area contributed by atoms with Crippen LogP contribution in [0, 0.1) is 0 Å². The monoisotopic (exact) mass is 352 g/mol. The molecule has 26 heavy (non-hydrogen) atoms. The van der Waals surface area contributed by atoms with Gasteiger partial charge in [0.15, 0.2) is 17.3 Å². The number of unbranched alkanes of at least 4 members (excludes halogenated alkanes) is 3. The lowest BCUT2D eigenvalue weighted by molar-refractivity contribution is -0.114. The van der Waals surface area contributed by atoms with Crippen molar-refractivity contribution < 1.29 is 14.3 Å². The lowest BCUT2D eigenvalue weighted by atomic mass is 10.1. The van der Waals surface area contributed by atoms with Gasteiger partial charge in [0, 0.05) is 6.42 Å². The van der Waals surface area contributed by atoms with Crippen LogP contribution in [0.15, 0.2) is 54.6 Å². The van der Waals surface area contributed by atoms with Gasteiger partial charge in [-0.3, -0.25) is 4.79 Å². The minimum absolute atomic E-state index is 0.171. The van der Waals surface area contributed by atoms with Crippen molar-refractivity contribution in [3.8, 4) is 11.5 Å². The van der Waals surface area contributed by atoms with E-state index in [1.54, 1.807) is 13.2 Å². The van der Waals surface area contributed by atoms with Crippen molar-refractivity contribution in [1.82, 2.24) is 0 Å². The molecule has 2 aromatic carbocycles. The first-order valence-corrected chi connectivity index (χ1v) is 9.28. The number of methoxy groups -OCH3 is 1. The summed E-state index contributed by atoms with van der Waals surface area (Å²) in [5.41, 5.74) is 2.03. The molecule has 0 aliphatic heterocycles. The normalized spacial score (nSPS) is 10.8. The van der Waals surface area contributed by atoms with E-state index in [0.717, 1.165) is 24.0 Å². The third-order valence-corrected chi connectivity index (χ3v) is 4.16. The summed E-state index contributed by atoms with van der Waals surface area (Å²) < 4.78 is 11.3. The average molecular weight is 352 g/mol. The molecule has 0 N–H and O–H groups in total. The van der Waals surface area contributed by atoms with Crippen molar-refractivity contribution in [2.24, 2.45) is 0 Å². The highest BCUT2D eigenvalue weighted by atomic mass is 16.5. The number of ketones is 1. The first-order valence-electron chi connectivity index (χ1n) is 9.28. The van der Waals surface area contributed by atoms with Gasteiger partial charge in [0.2, 0.25) is 0 Å². The number of carbonyl (C=O) groups excluding carboxylic acids is 1. The number of rotatable bonds is 11. The summed E-state index contributed by atoms with van der Waals surface area (Å²) in [5.74, 6) is 1.53. The third kappa shape index (κ3) is 6.75. The number of hydrogen-bond acceptors (Lipinski definition) is 3. The van der Waals surface area contributed by atoms with Gasteiger partial charge >= 0.3 is 0 Å². The van der Waals surface area contributed by atoms with Gasteiger partial charge in [0.05, 0.1) is 7.11 Å². The van der Waals surface area contributed by atoms with Crippen molar-refractivity contribution in [2.75, 3.05) is 7.11 Å². The van der Waals surface area contributed by atoms with Crippen LogP contribution in [0.25, 0.3) is 6.08 Å². The Morgan fingerprint density at radius 1 is 1.00 bits per heavy atom. The van der Waals surface area contributed by atoms with Crippen LogP contribution in [0.1, 0.15) is 50.2 Å². The van der Waals surface area contributed by atoms with Crippen molar-refractivity contribution in [3.05, 3.63) is 65.7 Å². The number of allylic oxidation sites excluding steroid dienone is 1. The van der Waals surface area contributed by atoms with Crippen molar-refractivity contribution >= 4 is 11.9 Å². The Morgan fingerprint density at radius 3 is 2.54 bits per heavy atom. The highest BCUT2D eigenvalue weighted by molar-refractivity contribution is 5.93. The molecule has 0 aliphatic carbocycles. The Labute approximate surface area is 156 Å². The van der Waals surface area contributed by atoms with Crippen LogP contribution in [-0.4, -0.2) is 12.9 Å². The van der Waals surface area contributed by atoms with Crippen LogP contribution in [0.4, 0.5) is 0 Å². The van der Waals surface area contributed by atoms with Gasteiger partial charge in [-0.2, -0.15) is 0 Å². The van der Waals surface area contributed by atoms with Crippen molar-refractivity contribution in [3.63, 3.8) is 0 Å². The van der Waals surface area contributed by atoms with Crippen molar-refractivity contribution in [2.45, 2.75) is 45.6 Å². The average Bonchev–Trinajstić information content (AvgIpc) is 2.69. The maximum Gasteiger partial charge on any atom is 0.161 e. The molecule has 0 saturated carbocycles. The fourth-order valence-electron chi connectivity index (χ4n) is 2.64. The second kappa shape index (κ2) is 11.1. The summed E-state index contributed by atoms with van der Waals surface area (Å²) in [6, 6.07) is 15.7. The quantitative estimate of drug-likeness (QED) is 0.377. The zero-order valence-electron chi connectivity index (χ0n) is 15.7. The molecule has 138 valence electrons. The van der Waals surface area contributed by atoms with E-state index in [1.165, 1.54) is 12.8 Å². The zero-order chi connectivity index (χ0) is 18.6. The minimum Gasteiger partial charge on any atom is -0.493 e. The van der Waals surface area contributed by atoms with Crippen LogP contribution in [0.2, 0.25) is 0 Å². The van der Waals surface area contributed by atoms with E-state index >= 15 is 0 Å². The van der Waals surface area contributed by atoms with Gasteiger partial charge < -0.3 is 9.47 Å². The summed E-state index contributed by atoms with van der Waals surface area (Å²) in [5, 5.41) is 0. The molecule has 0 aliphatic rings. The van der Waals surface area contributed by atoms with E-state index in [-0.39, 0.29) is 5.78 Å². The van der Waals surface area contributed by atoms with Crippen LogP contribution >= 0.6 is 0 Å². The van der Waals surface area contributed by atoms with Crippen LogP contribution in [0.5, 0.6) is 11.5 Å². The Kier molecular flexibility index (Phi) is 8.47. The predicted molar refractivity (Wildman–Crippen MR) is 107 cm³/mol. The second-order valence-electron chi connectivity index (χ2n) is 6.29. The molecular weight excluding hydrogens is 324 g/mol. The predicted octanol–water partition coefficient (Wildman–Crippen LogP) is 5.83. The Morgan fingerprint density at radius 2 is 1.81 bits per heavy atom. The number of hydrogen-bond donors (Lipinski definition) is 0. The van der Waals surface area contributed by atoms with Crippen LogP contribution in [0.3, 0.4) is 0 Å². The molecule has 2 aromatic rings. The molecule has 0 saturated heterocycles. The molecule has 0 radical (unpaired) electrons. The fourth-order valence-corrected chi connectivity index (χ4v) is 2.64. The van der Waals surface area contributed by atoms with Gasteiger partial charge in [-0.05, 0) is 35.8 Å². The Hall–Kier alpha value is -2.55. The van der Waals surface area contributed by atoms with E-state index in [9.17, 15) is 4.79 Å². The van der Waals surface area contributed by atoms with Crippen molar-refractivity contribution in [1.29, 1.82) is 0 Å².